The first kappa shape index (κ1) is 13.1. The van der Waals surface area contributed by atoms with Gasteiger partial charge in [0, 0.05) is 18.8 Å². The summed E-state index contributed by atoms with van der Waals surface area (Å²) in [5.41, 5.74) is 2.30. The number of nitrogens with one attached hydrogen (secondary N) is 1. The zero-order valence-electron chi connectivity index (χ0n) is 11.3. The van der Waals surface area contributed by atoms with Crippen LogP contribution in [0.4, 0.5) is 5.69 Å². The number of amides is 1. The molecule has 3 heteroatoms. The Hall–Kier alpha value is -1.35. The fraction of sp³-hybridized carbons (Fsp3) is 0.533. The summed E-state index contributed by atoms with van der Waals surface area (Å²) >= 11 is 0. The van der Waals surface area contributed by atoms with Crippen LogP contribution in [0.1, 0.15) is 32.3 Å². The van der Waals surface area contributed by atoms with Gasteiger partial charge in [0.2, 0.25) is 5.91 Å². The quantitative estimate of drug-likeness (QED) is 0.885. The summed E-state index contributed by atoms with van der Waals surface area (Å²) in [7, 11) is 0. The van der Waals surface area contributed by atoms with Crippen molar-refractivity contribution in [2.24, 2.45) is 5.92 Å². The lowest BCUT2D eigenvalue weighted by Gasteiger charge is -2.26. The van der Waals surface area contributed by atoms with Crippen LogP contribution in [0.15, 0.2) is 24.3 Å². The van der Waals surface area contributed by atoms with Gasteiger partial charge < -0.3 is 10.2 Å². The fourth-order valence-electron chi connectivity index (χ4n) is 2.46. The lowest BCUT2D eigenvalue weighted by Crippen LogP contribution is -2.38. The number of hydrogen-bond donors (Lipinski definition) is 1. The van der Waals surface area contributed by atoms with E-state index in [0.717, 1.165) is 31.6 Å². The van der Waals surface area contributed by atoms with Crippen molar-refractivity contribution in [1.82, 2.24) is 5.32 Å². The molecule has 0 atom stereocenters. The highest BCUT2D eigenvalue weighted by molar-refractivity contribution is 5.96. The predicted molar refractivity (Wildman–Crippen MR) is 74.6 cm³/mol. The summed E-state index contributed by atoms with van der Waals surface area (Å²) < 4.78 is 0. The van der Waals surface area contributed by atoms with Gasteiger partial charge in [-0.3, -0.25) is 4.79 Å². The number of hydrogen-bond acceptors (Lipinski definition) is 2. The molecule has 0 aliphatic carbocycles. The molecule has 0 saturated carbocycles. The van der Waals surface area contributed by atoms with Crippen LogP contribution in [0.3, 0.4) is 0 Å². The zero-order valence-corrected chi connectivity index (χ0v) is 11.3. The zero-order chi connectivity index (χ0) is 13.0. The number of carbonyl (C=O) groups is 1. The summed E-state index contributed by atoms with van der Waals surface area (Å²) in [5.74, 6) is 0.770. The molecule has 18 heavy (non-hydrogen) atoms. The van der Waals surface area contributed by atoms with Crippen LogP contribution >= 0.6 is 0 Å². The first-order valence-electron chi connectivity index (χ1n) is 6.85. The molecule has 1 heterocycles. The average molecular weight is 246 g/mol. The monoisotopic (exact) mass is 246 g/mol. The van der Waals surface area contributed by atoms with E-state index >= 15 is 0 Å². The molecule has 1 N–H and O–H groups in total. The van der Waals surface area contributed by atoms with E-state index in [-0.39, 0.29) is 5.91 Å². The Kier molecular flexibility index (Phi) is 4.37. The summed E-state index contributed by atoms with van der Waals surface area (Å²) in [5, 5.41) is 3.20. The largest absolute Gasteiger partial charge is 0.311 e. The molecule has 1 aliphatic heterocycles. The molecule has 98 valence electrons. The first-order valence-corrected chi connectivity index (χ1v) is 6.85. The highest BCUT2D eigenvalue weighted by Crippen LogP contribution is 2.24. The minimum Gasteiger partial charge on any atom is -0.311 e. The average Bonchev–Trinajstić information content (AvgIpc) is 2.55. The number of nitrogens with zero attached hydrogens (tertiary/aromatic N) is 1. The molecule has 0 radical (unpaired) electrons. The van der Waals surface area contributed by atoms with Crippen LogP contribution in [-0.2, 0) is 11.3 Å². The molecule has 1 aromatic carbocycles. The molecule has 0 aromatic heterocycles. The third kappa shape index (κ3) is 2.72. The van der Waals surface area contributed by atoms with Crippen molar-refractivity contribution in [3.63, 3.8) is 0 Å². The second kappa shape index (κ2) is 6.01. The predicted octanol–water partition coefficient (Wildman–Crippen LogP) is 2.56. The van der Waals surface area contributed by atoms with Gasteiger partial charge in [-0.15, -0.1) is 0 Å². The molecule has 0 saturated heterocycles. The van der Waals surface area contributed by atoms with E-state index in [2.05, 4.69) is 31.3 Å². The smallest absolute Gasteiger partial charge is 0.240 e. The number of benzene rings is 1. The van der Waals surface area contributed by atoms with E-state index in [0.29, 0.717) is 12.5 Å². The summed E-state index contributed by atoms with van der Waals surface area (Å²) in [4.78, 5) is 14.2. The van der Waals surface area contributed by atoms with E-state index in [1.807, 2.05) is 17.0 Å². The lowest BCUT2D eigenvalue weighted by molar-refractivity contribution is -0.117. The summed E-state index contributed by atoms with van der Waals surface area (Å²) in [6.07, 6.45) is 2.24. The molecule has 0 fully saturated rings. The second-order valence-corrected chi connectivity index (χ2v) is 4.92. The number of rotatable bonds is 4. The van der Waals surface area contributed by atoms with Crippen LogP contribution in [0.25, 0.3) is 0 Å². The van der Waals surface area contributed by atoms with Crippen molar-refractivity contribution >= 4 is 11.6 Å². The molecule has 1 aliphatic rings. The van der Waals surface area contributed by atoms with Gasteiger partial charge in [-0.2, -0.15) is 0 Å². The van der Waals surface area contributed by atoms with Gasteiger partial charge in [0.1, 0.15) is 0 Å². The van der Waals surface area contributed by atoms with Crippen molar-refractivity contribution in [1.29, 1.82) is 0 Å². The molecule has 0 unspecified atom stereocenters. The standard InChI is InChI=1S/C15H22N2O/c1-3-12(4-2)11-17-14-8-6-5-7-13(14)9-16-10-15(17)18/h5-8,12,16H,3-4,9-11H2,1-2H3. The highest BCUT2D eigenvalue weighted by Gasteiger charge is 2.23. The molecular formula is C15H22N2O. The van der Waals surface area contributed by atoms with Crippen molar-refractivity contribution in [3.05, 3.63) is 29.8 Å². The van der Waals surface area contributed by atoms with Crippen LogP contribution in [0.2, 0.25) is 0 Å². The van der Waals surface area contributed by atoms with E-state index in [1.54, 1.807) is 0 Å². The molecule has 0 bridgehead atoms. The summed E-state index contributed by atoms with van der Waals surface area (Å²) in [6.45, 7) is 6.45. The van der Waals surface area contributed by atoms with Gasteiger partial charge in [-0.1, -0.05) is 44.9 Å². The van der Waals surface area contributed by atoms with Crippen molar-refractivity contribution < 1.29 is 4.79 Å². The van der Waals surface area contributed by atoms with Gasteiger partial charge in [0.25, 0.3) is 0 Å². The fourth-order valence-corrected chi connectivity index (χ4v) is 2.46. The van der Waals surface area contributed by atoms with E-state index in [4.69, 9.17) is 0 Å². The van der Waals surface area contributed by atoms with E-state index < -0.39 is 0 Å². The molecule has 0 spiro atoms. The second-order valence-electron chi connectivity index (χ2n) is 4.92. The number of carbonyl (C=O) groups excluding carboxylic acids is 1. The molecule has 3 nitrogen and oxygen atoms in total. The van der Waals surface area contributed by atoms with Crippen LogP contribution in [0, 0.1) is 5.92 Å². The van der Waals surface area contributed by atoms with E-state index in [1.165, 1.54) is 5.56 Å². The molecule has 1 amide bonds. The topological polar surface area (TPSA) is 32.3 Å². The lowest BCUT2D eigenvalue weighted by atomic mass is 10.0. The van der Waals surface area contributed by atoms with Crippen molar-refractivity contribution in [3.8, 4) is 0 Å². The third-order valence-corrected chi connectivity index (χ3v) is 3.77. The van der Waals surface area contributed by atoms with Crippen molar-refractivity contribution in [2.45, 2.75) is 33.2 Å². The normalized spacial score (nSPS) is 15.7. The number of para-hydroxylation sites is 1. The Morgan fingerprint density at radius 2 is 1.94 bits per heavy atom. The Labute approximate surface area is 109 Å². The van der Waals surface area contributed by atoms with Crippen LogP contribution < -0.4 is 10.2 Å². The molecule has 1 aromatic rings. The van der Waals surface area contributed by atoms with Gasteiger partial charge in [-0.25, -0.2) is 0 Å². The summed E-state index contributed by atoms with van der Waals surface area (Å²) in [6, 6.07) is 8.20. The van der Waals surface area contributed by atoms with Gasteiger partial charge in [0.05, 0.1) is 6.54 Å². The first-order chi connectivity index (χ1) is 8.76. The maximum Gasteiger partial charge on any atom is 0.240 e. The highest BCUT2D eigenvalue weighted by atomic mass is 16.2. The van der Waals surface area contributed by atoms with Gasteiger partial charge in [-0.05, 0) is 17.5 Å². The van der Waals surface area contributed by atoms with E-state index in [9.17, 15) is 4.79 Å². The maximum atomic E-state index is 12.2. The SMILES string of the molecule is CCC(CC)CN1C(=O)CNCc2ccccc21. The third-order valence-electron chi connectivity index (χ3n) is 3.77. The Morgan fingerprint density at radius 1 is 1.22 bits per heavy atom. The Bertz CT molecular complexity index is 413. The Balaban J connectivity index is 2.28. The minimum atomic E-state index is 0.187. The van der Waals surface area contributed by atoms with Crippen molar-refractivity contribution in [2.75, 3.05) is 18.0 Å². The Morgan fingerprint density at radius 3 is 2.67 bits per heavy atom. The maximum absolute atomic E-state index is 12.2. The number of fused-ring (bicyclic) bond motifs is 1. The molecule has 2 rings (SSSR count). The van der Waals surface area contributed by atoms with Crippen LogP contribution in [-0.4, -0.2) is 19.0 Å². The molecular weight excluding hydrogens is 224 g/mol. The van der Waals surface area contributed by atoms with Gasteiger partial charge >= 0.3 is 0 Å². The number of anilines is 1. The minimum absolute atomic E-state index is 0.187. The van der Waals surface area contributed by atoms with Gasteiger partial charge in [0.15, 0.2) is 0 Å². The van der Waals surface area contributed by atoms with Crippen LogP contribution in [0.5, 0.6) is 0 Å².